The van der Waals surface area contributed by atoms with Crippen LogP contribution in [0.15, 0.2) is 34.3 Å². The monoisotopic (exact) mass is 517 g/mol. The van der Waals surface area contributed by atoms with Gasteiger partial charge < -0.3 is 34.5 Å². The average molecular weight is 518 g/mol. The van der Waals surface area contributed by atoms with Crippen LogP contribution in [0.3, 0.4) is 0 Å². The molecule has 200 valence electrons. The van der Waals surface area contributed by atoms with E-state index in [2.05, 4.69) is 4.98 Å². The number of carboxylic acid groups (broad SMARTS) is 2. The molecule has 2 aliphatic rings. The molecule has 1 fully saturated rings. The number of hydrogen-bond acceptors (Lipinski definition) is 9. The molecule has 1 aliphatic carbocycles. The van der Waals surface area contributed by atoms with Crippen molar-refractivity contribution in [3.8, 4) is 11.5 Å². The molecule has 1 aliphatic heterocycles. The molecule has 4 atom stereocenters. The van der Waals surface area contributed by atoms with Crippen molar-refractivity contribution in [3.05, 3.63) is 51.7 Å². The molecule has 1 aromatic heterocycles. The molecular weight excluding hydrogens is 486 g/mol. The summed E-state index contributed by atoms with van der Waals surface area (Å²) in [6.07, 6.45) is 2.72. The van der Waals surface area contributed by atoms with Gasteiger partial charge in [0.05, 0.1) is 38.0 Å². The van der Waals surface area contributed by atoms with Crippen LogP contribution in [0.25, 0.3) is 0 Å². The molecule has 0 radical (unpaired) electrons. The van der Waals surface area contributed by atoms with Crippen molar-refractivity contribution in [2.75, 3.05) is 13.7 Å². The molecule has 37 heavy (non-hydrogen) atoms. The quantitative estimate of drug-likeness (QED) is 0.413. The Labute approximate surface area is 212 Å². The Kier molecular flexibility index (Phi) is 9.00. The van der Waals surface area contributed by atoms with Crippen LogP contribution in [0.5, 0.6) is 11.5 Å². The Morgan fingerprint density at radius 3 is 2.51 bits per heavy atom. The predicted octanol–water partition coefficient (Wildman–Crippen LogP) is 0.942. The van der Waals surface area contributed by atoms with Crippen LogP contribution in [0.4, 0.5) is 0 Å². The summed E-state index contributed by atoms with van der Waals surface area (Å²) in [6, 6.07) is 4.06. The number of methoxy groups -OCH3 is 1. The lowest BCUT2D eigenvalue weighted by molar-refractivity contribution is -0.152. The first kappa shape index (κ1) is 27.8. The number of aromatic nitrogens is 2. The molecule has 0 saturated heterocycles. The molecule has 0 unspecified atom stereocenters. The van der Waals surface area contributed by atoms with Crippen molar-refractivity contribution in [2.24, 2.45) is 12.0 Å². The fraction of sp³-hybridized carbons (Fsp3) is 0.480. The molecule has 12 heteroatoms. The first-order valence-electron chi connectivity index (χ1n) is 11.8. The molecule has 0 spiro atoms. The second-order valence-electron chi connectivity index (χ2n) is 8.83. The van der Waals surface area contributed by atoms with Crippen LogP contribution in [0.2, 0.25) is 0 Å². The number of nitrogens with zero attached hydrogens (tertiary/aromatic N) is 3. The van der Waals surface area contributed by atoms with Crippen LogP contribution < -0.4 is 15.2 Å². The number of fused-ring (bicyclic) bond motifs is 3. The van der Waals surface area contributed by atoms with Crippen molar-refractivity contribution in [1.29, 1.82) is 0 Å². The number of benzene rings is 1. The molecule has 1 aromatic carbocycles. The minimum absolute atomic E-state index is 0.0889. The lowest BCUT2D eigenvalue weighted by Crippen LogP contribution is -2.34. The summed E-state index contributed by atoms with van der Waals surface area (Å²) < 4.78 is 12.8. The highest BCUT2D eigenvalue weighted by molar-refractivity contribution is 6.14. The molecule has 4 N–H and O–H groups in total. The van der Waals surface area contributed by atoms with E-state index in [1.807, 2.05) is 19.1 Å². The van der Waals surface area contributed by atoms with Gasteiger partial charge in [-0.25, -0.2) is 14.6 Å². The topological polar surface area (TPSA) is 181 Å². The summed E-state index contributed by atoms with van der Waals surface area (Å²) >= 11 is 0. The first-order valence-corrected chi connectivity index (χ1v) is 11.8. The largest absolute Gasteiger partial charge is 0.493 e. The smallest absolute Gasteiger partial charge is 0.347 e. The number of aliphatic carboxylic acids is 2. The molecule has 0 amide bonds. The summed E-state index contributed by atoms with van der Waals surface area (Å²) in [4.78, 5) is 40.1. The summed E-state index contributed by atoms with van der Waals surface area (Å²) in [6.45, 7) is 2.48. The predicted molar refractivity (Wildman–Crippen MR) is 132 cm³/mol. The van der Waals surface area contributed by atoms with E-state index in [9.17, 15) is 19.5 Å². The zero-order valence-electron chi connectivity index (χ0n) is 20.8. The lowest BCUT2D eigenvalue weighted by Gasteiger charge is -2.37. The van der Waals surface area contributed by atoms with Crippen LogP contribution in [-0.4, -0.2) is 79.6 Å². The van der Waals surface area contributed by atoms with E-state index < -0.39 is 24.5 Å². The lowest BCUT2D eigenvalue weighted by atomic mass is 9.74. The van der Waals surface area contributed by atoms with Gasteiger partial charge in [0.25, 0.3) is 0 Å². The van der Waals surface area contributed by atoms with Gasteiger partial charge in [-0.05, 0) is 43.9 Å². The molecule has 12 nitrogen and oxygen atoms in total. The Hall–Kier alpha value is -3.77. The SMILES string of the molecule is CCOc1cc2c(cc1OC)C(c1cnc(=O)n(C)c1)=N[C@@H]1CC[C@@H](O)C[C@H]21.O=C(O)C[C@H](O)C(=O)O. The Morgan fingerprint density at radius 2 is 1.95 bits per heavy atom. The third kappa shape index (κ3) is 6.52. The van der Waals surface area contributed by atoms with Gasteiger partial charge in [0, 0.05) is 36.5 Å². The van der Waals surface area contributed by atoms with E-state index in [4.69, 9.17) is 29.8 Å². The summed E-state index contributed by atoms with van der Waals surface area (Å²) in [5.41, 5.74) is 3.34. The molecule has 4 rings (SSSR count). The summed E-state index contributed by atoms with van der Waals surface area (Å²) in [5, 5.41) is 34.4. The average Bonchev–Trinajstić information content (AvgIpc) is 2.85. The number of aliphatic hydroxyl groups excluding tert-OH is 2. The number of carboxylic acids is 2. The zero-order chi connectivity index (χ0) is 27.3. The van der Waals surface area contributed by atoms with Gasteiger partial charge >= 0.3 is 17.6 Å². The van der Waals surface area contributed by atoms with E-state index in [1.165, 1.54) is 4.57 Å². The summed E-state index contributed by atoms with van der Waals surface area (Å²) in [5.74, 6) is -1.38. The van der Waals surface area contributed by atoms with E-state index in [0.717, 1.165) is 35.2 Å². The number of carbonyl (C=O) groups is 2. The third-order valence-electron chi connectivity index (χ3n) is 6.25. The minimum Gasteiger partial charge on any atom is -0.493 e. The number of rotatable bonds is 7. The number of aliphatic imine (C=N–C) groups is 1. The van der Waals surface area contributed by atoms with Gasteiger partial charge in [0.1, 0.15) is 0 Å². The maximum atomic E-state index is 11.7. The second-order valence-corrected chi connectivity index (χ2v) is 8.83. The van der Waals surface area contributed by atoms with Gasteiger partial charge in [-0.1, -0.05) is 0 Å². The van der Waals surface area contributed by atoms with Crippen molar-refractivity contribution >= 4 is 17.7 Å². The summed E-state index contributed by atoms with van der Waals surface area (Å²) in [7, 11) is 3.30. The van der Waals surface area contributed by atoms with Crippen molar-refractivity contribution in [1.82, 2.24) is 9.55 Å². The van der Waals surface area contributed by atoms with Crippen LogP contribution in [0.1, 0.15) is 55.2 Å². The van der Waals surface area contributed by atoms with Gasteiger partial charge in [0.2, 0.25) is 0 Å². The zero-order valence-corrected chi connectivity index (χ0v) is 20.8. The molecule has 2 aromatic rings. The van der Waals surface area contributed by atoms with Crippen LogP contribution in [0, 0.1) is 0 Å². The molecule has 1 saturated carbocycles. The number of aliphatic hydroxyl groups is 2. The Bertz CT molecular complexity index is 1240. The Balaban J connectivity index is 0.000000364. The first-order chi connectivity index (χ1) is 17.5. The highest BCUT2D eigenvalue weighted by Crippen LogP contribution is 2.44. The fourth-order valence-electron chi connectivity index (χ4n) is 4.49. The van der Waals surface area contributed by atoms with E-state index in [0.29, 0.717) is 24.5 Å². The third-order valence-corrected chi connectivity index (χ3v) is 6.25. The van der Waals surface area contributed by atoms with E-state index in [-0.39, 0.29) is 23.8 Å². The van der Waals surface area contributed by atoms with Gasteiger partial charge in [-0.3, -0.25) is 9.79 Å². The van der Waals surface area contributed by atoms with Crippen LogP contribution in [-0.2, 0) is 16.6 Å². The van der Waals surface area contributed by atoms with Crippen molar-refractivity contribution in [3.63, 3.8) is 0 Å². The number of ether oxygens (including phenoxy) is 2. The standard InChI is InChI=1S/C21H25N3O4.C4H6O5/c1-4-28-19-8-14-15-7-13(25)5-6-17(15)23-20(16(14)9-18(19)27-3)12-10-22-21(26)24(2)11-12;5-2(4(8)9)1-3(6)7/h8-11,13,15,17,25H,4-7H2,1-3H3;2,5H,1H2,(H,6,7)(H,8,9)/t13-,15-,17-;2-/m10/s1. The highest BCUT2D eigenvalue weighted by atomic mass is 16.5. The maximum Gasteiger partial charge on any atom is 0.347 e. The fourth-order valence-corrected chi connectivity index (χ4v) is 4.49. The Morgan fingerprint density at radius 1 is 1.22 bits per heavy atom. The molecule has 0 bridgehead atoms. The normalized spacial score (nSPS) is 20.8. The molecule has 2 heterocycles. The van der Waals surface area contributed by atoms with E-state index >= 15 is 0 Å². The van der Waals surface area contributed by atoms with Crippen molar-refractivity contribution in [2.45, 2.75) is 56.8 Å². The van der Waals surface area contributed by atoms with Gasteiger partial charge in [-0.2, -0.15) is 0 Å². The number of aryl methyl sites for hydroxylation is 1. The number of hydrogen-bond donors (Lipinski definition) is 4. The van der Waals surface area contributed by atoms with E-state index in [1.54, 1.807) is 26.6 Å². The second kappa shape index (κ2) is 12.0. The minimum atomic E-state index is -1.79. The van der Waals surface area contributed by atoms with Gasteiger partial charge in [-0.15, -0.1) is 0 Å². The molecular formula is C25H31N3O9. The van der Waals surface area contributed by atoms with Gasteiger partial charge in [0.15, 0.2) is 17.6 Å². The van der Waals surface area contributed by atoms with Crippen molar-refractivity contribution < 1.29 is 39.5 Å². The van der Waals surface area contributed by atoms with Crippen LogP contribution >= 0.6 is 0 Å². The highest BCUT2D eigenvalue weighted by Gasteiger charge is 2.37. The maximum absolute atomic E-state index is 11.7.